The highest BCUT2D eigenvalue weighted by Crippen LogP contribution is 2.42. The van der Waals surface area contributed by atoms with Gasteiger partial charge in [0.05, 0.1) is 6.04 Å². The fourth-order valence-electron chi connectivity index (χ4n) is 6.36. The van der Waals surface area contributed by atoms with Crippen molar-refractivity contribution in [1.82, 2.24) is 14.8 Å². The van der Waals surface area contributed by atoms with Crippen LogP contribution in [0.4, 0.5) is 0 Å². The summed E-state index contributed by atoms with van der Waals surface area (Å²) in [6.45, 7) is 0.234. The number of carbonyl (C=O) groups excluding carboxylic acids is 2. The minimum Gasteiger partial charge on any atom is -0.356 e. The number of fused-ring (bicyclic) bond motifs is 4. The van der Waals surface area contributed by atoms with Crippen molar-refractivity contribution in [2.24, 2.45) is 0 Å². The number of rotatable bonds is 4. The highest BCUT2D eigenvalue weighted by atomic mass is 16.2. The number of aryl methyl sites for hydroxylation is 1. The van der Waals surface area contributed by atoms with Gasteiger partial charge < -0.3 is 14.8 Å². The van der Waals surface area contributed by atoms with Crippen molar-refractivity contribution in [1.29, 1.82) is 0 Å². The Hall–Kier alpha value is -3.08. The van der Waals surface area contributed by atoms with Crippen LogP contribution in [0, 0.1) is 0 Å². The Labute approximate surface area is 194 Å². The number of hydrogen-bond donors (Lipinski definition) is 1. The molecule has 1 aromatic heterocycles. The first-order valence-electron chi connectivity index (χ1n) is 12.5. The summed E-state index contributed by atoms with van der Waals surface area (Å²) in [4.78, 5) is 34.9. The van der Waals surface area contributed by atoms with Gasteiger partial charge in [-0.05, 0) is 42.9 Å². The minimum absolute atomic E-state index is 0.101. The highest BCUT2D eigenvalue weighted by Gasteiger charge is 2.48. The van der Waals surface area contributed by atoms with Crippen molar-refractivity contribution < 1.29 is 9.59 Å². The zero-order valence-electron chi connectivity index (χ0n) is 19.0. The number of amides is 2. The second kappa shape index (κ2) is 8.36. The smallest absolute Gasteiger partial charge is 0.246 e. The molecule has 3 aromatic rings. The number of piperazine rings is 1. The monoisotopic (exact) mass is 441 g/mol. The largest absolute Gasteiger partial charge is 0.356 e. The molecule has 33 heavy (non-hydrogen) atoms. The molecular weight excluding hydrogens is 410 g/mol. The van der Waals surface area contributed by atoms with E-state index in [1.54, 1.807) is 0 Å². The van der Waals surface area contributed by atoms with Crippen LogP contribution in [-0.2, 0) is 22.4 Å². The van der Waals surface area contributed by atoms with E-state index in [2.05, 4.69) is 47.4 Å². The summed E-state index contributed by atoms with van der Waals surface area (Å²) in [5, 5.41) is 1.19. The van der Waals surface area contributed by atoms with E-state index in [9.17, 15) is 9.59 Å². The predicted octanol–water partition coefficient (Wildman–Crippen LogP) is 4.77. The van der Waals surface area contributed by atoms with E-state index in [-0.39, 0.29) is 36.5 Å². The molecule has 5 heteroatoms. The molecule has 2 aromatic carbocycles. The second-order valence-corrected chi connectivity index (χ2v) is 9.88. The van der Waals surface area contributed by atoms with Crippen molar-refractivity contribution in [3.05, 3.63) is 71.4 Å². The number of aromatic nitrogens is 1. The molecule has 0 radical (unpaired) electrons. The molecule has 2 atom stereocenters. The van der Waals surface area contributed by atoms with Crippen molar-refractivity contribution in [2.75, 3.05) is 6.54 Å². The first-order chi connectivity index (χ1) is 16.2. The van der Waals surface area contributed by atoms with Gasteiger partial charge in [-0.1, -0.05) is 67.8 Å². The van der Waals surface area contributed by atoms with E-state index in [1.807, 2.05) is 21.9 Å². The summed E-state index contributed by atoms with van der Waals surface area (Å²) < 4.78 is 0. The van der Waals surface area contributed by atoms with Crippen LogP contribution >= 0.6 is 0 Å². The third-order valence-electron chi connectivity index (χ3n) is 7.98. The summed E-state index contributed by atoms with van der Waals surface area (Å²) in [6, 6.07) is 18.5. The number of benzene rings is 2. The Balaban J connectivity index is 1.38. The first kappa shape index (κ1) is 20.5. The van der Waals surface area contributed by atoms with E-state index < -0.39 is 0 Å². The molecule has 2 fully saturated rings. The average Bonchev–Trinajstić information content (AvgIpc) is 3.24. The van der Waals surface area contributed by atoms with Crippen LogP contribution in [0.3, 0.4) is 0 Å². The fourth-order valence-corrected chi connectivity index (χ4v) is 6.36. The van der Waals surface area contributed by atoms with Gasteiger partial charge in [0.2, 0.25) is 11.8 Å². The minimum atomic E-state index is -0.388. The van der Waals surface area contributed by atoms with Crippen LogP contribution in [0.1, 0.15) is 61.4 Å². The molecule has 1 saturated carbocycles. The quantitative estimate of drug-likeness (QED) is 0.634. The molecule has 1 unspecified atom stereocenters. The van der Waals surface area contributed by atoms with Crippen LogP contribution in [0.5, 0.6) is 0 Å². The van der Waals surface area contributed by atoms with Crippen LogP contribution < -0.4 is 0 Å². The number of carbonyl (C=O) groups is 2. The lowest BCUT2D eigenvalue weighted by Crippen LogP contribution is -2.64. The van der Waals surface area contributed by atoms with Gasteiger partial charge in [0.1, 0.15) is 12.6 Å². The van der Waals surface area contributed by atoms with Crippen molar-refractivity contribution in [3.8, 4) is 0 Å². The topological polar surface area (TPSA) is 56.4 Å². The van der Waals surface area contributed by atoms with Gasteiger partial charge >= 0.3 is 0 Å². The van der Waals surface area contributed by atoms with Crippen molar-refractivity contribution in [2.45, 2.75) is 69.5 Å². The third-order valence-corrected chi connectivity index (χ3v) is 7.98. The molecule has 0 spiro atoms. The first-order valence-corrected chi connectivity index (χ1v) is 12.5. The number of hydrogen-bond acceptors (Lipinski definition) is 2. The Morgan fingerprint density at radius 1 is 0.909 bits per heavy atom. The maximum Gasteiger partial charge on any atom is 0.246 e. The average molecular weight is 442 g/mol. The zero-order chi connectivity index (χ0) is 22.4. The molecule has 3 aliphatic rings. The van der Waals surface area contributed by atoms with Gasteiger partial charge in [-0.3, -0.25) is 9.59 Å². The maximum atomic E-state index is 13.8. The standard InChI is InChI=1S/C28H31N3O2/c32-26-18-30(20-11-5-2-6-12-20)28(33)25-17-22-21-13-7-8-14-23(21)29-27(22)24(31(25)26)16-15-19-9-3-1-4-10-19/h1,3-4,7-10,13-14,20,24-25,29H,2,5-6,11-12,15-18H2/t24?,25-/m0/s1. The van der Waals surface area contributed by atoms with E-state index in [4.69, 9.17) is 0 Å². The number of nitrogens with one attached hydrogen (secondary N) is 1. The van der Waals surface area contributed by atoms with E-state index in [1.165, 1.54) is 22.9 Å². The van der Waals surface area contributed by atoms with E-state index in [0.29, 0.717) is 6.42 Å². The van der Waals surface area contributed by atoms with Crippen LogP contribution in [-0.4, -0.2) is 45.2 Å². The molecule has 3 heterocycles. The van der Waals surface area contributed by atoms with Crippen molar-refractivity contribution >= 4 is 22.7 Å². The summed E-state index contributed by atoms with van der Waals surface area (Å²) in [5.41, 5.74) is 4.69. The van der Waals surface area contributed by atoms with Gasteiger partial charge in [-0.25, -0.2) is 0 Å². The highest BCUT2D eigenvalue weighted by molar-refractivity contribution is 5.97. The van der Waals surface area contributed by atoms with E-state index >= 15 is 0 Å². The predicted molar refractivity (Wildman–Crippen MR) is 129 cm³/mol. The third kappa shape index (κ3) is 3.54. The van der Waals surface area contributed by atoms with Crippen LogP contribution in [0.15, 0.2) is 54.6 Å². The molecule has 2 aliphatic heterocycles. The van der Waals surface area contributed by atoms with Crippen LogP contribution in [0.2, 0.25) is 0 Å². The molecule has 1 saturated heterocycles. The Kier molecular flexibility index (Phi) is 5.20. The summed E-state index contributed by atoms with van der Waals surface area (Å²) in [7, 11) is 0. The maximum absolute atomic E-state index is 13.8. The summed E-state index contributed by atoms with van der Waals surface area (Å²) in [6.07, 6.45) is 7.90. The van der Waals surface area contributed by atoms with Gasteiger partial charge in [-0.15, -0.1) is 0 Å². The lowest BCUT2D eigenvalue weighted by atomic mass is 9.85. The zero-order valence-corrected chi connectivity index (χ0v) is 19.0. The number of H-pyrrole nitrogens is 1. The Morgan fingerprint density at radius 3 is 2.48 bits per heavy atom. The lowest BCUT2D eigenvalue weighted by molar-refractivity contribution is -0.162. The van der Waals surface area contributed by atoms with Gasteiger partial charge in [-0.2, -0.15) is 0 Å². The number of nitrogens with zero attached hydrogens (tertiary/aromatic N) is 2. The molecule has 0 bridgehead atoms. The normalized spacial score (nSPS) is 23.6. The lowest BCUT2D eigenvalue weighted by Gasteiger charge is -2.49. The molecule has 6 rings (SSSR count). The molecule has 5 nitrogen and oxygen atoms in total. The van der Waals surface area contributed by atoms with Crippen LogP contribution in [0.25, 0.3) is 10.9 Å². The summed E-state index contributed by atoms with van der Waals surface area (Å²) >= 11 is 0. The second-order valence-electron chi connectivity index (χ2n) is 9.88. The van der Waals surface area contributed by atoms with Crippen molar-refractivity contribution in [3.63, 3.8) is 0 Å². The Morgan fingerprint density at radius 2 is 1.67 bits per heavy atom. The Bertz CT molecular complexity index is 1180. The molecule has 170 valence electrons. The van der Waals surface area contributed by atoms with Gasteiger partial charge in [0.25, 0.3) is 0 Å². The van der Waals surface area contributed by atoms with Gasteiger partial charge in [0, 0.05) is 29.1 Å². The van der Waals surface area contributed by atoms with Gasteiger partial charge in [0.15, 0.2) is 0 Å². The number of aromatic amines is 1. The molecule has 2 amide bonds. The summed E-state index contributed by atoms with van der Waals surface area (Å²) in [5.74, 6) is 0.259. The number of para-hydroxylation sites is 1. The molecular formula is C28H31N3O2. The van der Waals surface area contributed by atoms with E-state index in [0.717, 1.165) is 49.7 Å². The molecule has 1 N–H and O–H groups in total. The fraction of sp³-hybridized carbons (Fsp3) is 0.429. The molecule has 1 aliphatic carbocycles. The SMILES string of the molecule is O=C1[C@@H]2Cc3c([nH]c4ccccc34)C(CCc3ccccc3)N2C(=O)CN1C1CCCCC1.